The normalized spacial score (nSPS) is 12.9. The second kappa shape index (κ2) is 3.79. The van der Waals surface area contributed by atoms with E-state index in [0.717, 1.165) is 16.5 Å². The van der Waals surface area contributed by atoms with Gasteiger partial charge in [-0.25, -0.2) is 0 Å². The third-order valence-corrected chi connectivity index (χ3v) is 2.97. The highest BCUT2D eigenvalue weighted by molar-refractivity contribution is 6.34. The van der Waals surface area contributed by atoms with E-state index in [9.17, 15) is 4.79 Å². The fraction of sp³-hybridized carbons (Fsp3) is 0.273. The summed E-state index contributed by atoms with van der Waals surface area (Å²) in [5, 5.41) is 14.3. The molecule has 0 aliphatic carbocycles. The van der Waals surface area contributed by atoms with E-state index >= 15 is 0 Å². The Labute approximate surface area is 97.4 Å². The Morgan fingerprint density at radius 3 is 2.88 bits per heavy atom. The van der Waals surface area contributed by atoms with Crippen LogP contribution in [-0.4, -0.2) is 20.9 Å². The van der Waals surface area contributed by atoms with Crippen molar-refractivity contribution < 1.29 is 9.90 Å². The first-order valence-corrected chi connectivity index (χ1v) is 5.24. The smallest absolute Gasteiger partial charge is 0.310 e. The van der Waals surface area contributed by atoms with Gasteiger partial charge in [0.15, 0.2) is 5.15 Å². The zero-order valence-corrected chi connectivity index (χ0v) is 9.69. The third kappa shape index (κ3) is 1.55. The third-order valence-electron chi connectivity index (χ3n) is 2.69. The van der Waals surface area contributed by atoms with Crippen molar-refractivity contribution in [2.24, 2.45) is 7.05 Å². The van der Waals surface area contributed by atoms with E-state index in [4.69, 9.17) is 16.7 Å². The average molecular weight is 239 g/mol. The maximum atomic E-state index is 11.0. The molecule has 5 heteroatoms. The number of carboxylic acid groups (broad SMARTS) is 1. The summed E-state index contributed by atoms with van der Waals surface area (Å²) < 4.78 is 1.62. The first-order chi connectivity index (χ1) is 7.52. The number of rotatable bonds is 2. The second-order valence-electron chi connectivity index (χ2n) is 3.72. The summed E-state index contributed by atoms with van der Waals surface area (Å²) in [6.45, 7) is 1.65. The first-order valence-electron chi connectivity index (χ1n) is 4.86. The van der Waals surface area contributed by atoms with Crippen LogP contribution in [0.5, 0.6) is 0 Å². The standard InChI is InChI=1S/C11H11ClN2O2/c1-6(11(15)16)7-4-3-5-8-9(7)14(2)13-10(8)12/h3-6H,1-2H3,(H,15,16). The quantitative estimate of drug-likeness (QED) is 0.874. The van der Waals surface area contributed by atoms with Crippen LogP contribution in [0, 0.1) is 0 Å². The molecule has 0 aliphatic heterocycles. The second-order valence-corrected chi connectivity index (χ2v) is 4.08. The van der Waals surface area contributed by atoms with Crippen LogP contribution in [0.15, 0.2) is 18.2 Å². The molecule has 16 heavy (non-hydrogen) atoms. The van der Waals surface area contributed by atoms with Crippen molar-refractivity contribution in [2.45, 2.75) is 12.8 Å². The van der Waals surface area contributed by atoms with E-state index in [1.54, 1.807) is 30.8 Å². The topological polar surface area (TPSA) is 55.1 Å². The highest BCUT2D eigenvalue weighted by Gasteiger charge is 2.19. The number of fused-ring (bicyclic) bond motifs is 1. The van der Waals surface area contributed by atoms with Crippen molar-refractivity contribution in [1.82, 2.24) is 9.78 Å². The van der Waals surface area contributed by atoms with Gasteiger partial charge in [-0.3, -0.25) is 9.48 Å². The molecule has 0 saturated heterocycles. The van der Waals surface area contributed by atoms with E-state index in [2.05, 4.69) is 5.10 Å². The van der Waals surface area contributed by atoms with Gasteiger partial charge < -0.3 is 5.11 Å². The van der Waals surface area contributed by atoms with Crippen LogP contribution in [0.4, 0.5) is 0 Å². The van der Waals surface area contributed by atoms with E-state index in [0.29, 0.717) is 5.15 Å². The van der Waals surface area contributed by atoms with Gasteiger partial charge in [-0.05, 0) is 18.6 Å². The lowest BCUT2D eigenvalue weighted by Crippen LogP contribution is -2.09. The molecule has 2 aromatic rings. The van der Waals surface area contributed by atoms with Crippen molar-refractivity contribution in [3.8, 4) is 0 Å². The van der Waals surface area contributed by atoms with Crippen LogP contribution in [0.3, 0.4) is 0 Å². The minimum Gasteiger partial charge on any atom is -0.481 e. The number of aryl methyl sites for hydroxylation is 1. The van der Waals surface area contributed by atoms with E-state index < -0.39 is 11.9 Å². The lowest BCUT2D eigenvalue weighted by molar-refractivity contribution is -0.138. The molecule has 1 heterocycles. The lowest BCUT2D eigenvalue weighted by Gasteiger charge is -2.08. The summed E-state index contributed by atoms with van der Waals surface area (Å²) in [4.78, 5) is 11.0. The van der Waals surface area contributed by atoms with Crippen LogP contribution in [0.25, 0.3) is 10.9 Å². The Balaban J connectivity index is 2.75. The van der Waals surface area contributed by atoms with Gasteiger partial charge in [-0.1, -0.05) is 23.7 Å². The van der Waals surface area contributed by atoms with Crippen LogP contribution < -0.4 is 0 Å². The molecule has 84 valence electrons. The van der Waals surface area contributed by atoms with Crippen molar-refractivity contribution >= 4 is 28.5 Å². The molecule has 0 amide bonds. The molecule has 0 bridgehead atoms. The highest BCUT2D eigenvalue weighted by Crippen LogP contribution is 2.29. The molecule has 1 aromatic heterocycles. The maximum Gasteiger partial charge on any atom is 0.310 e. The maximum absolute atomic E-state index is 11.0. The summed E-state index contributed by atoms with van der Waals surface area (Å²) >= 11 is 5.95. The summed E-state index contributed by atoms with van der Waals surface area (Å²) in [5.41, 5.74) is 1.51. The number of carbonyl (C=O) groups is 1. The predicted octanol–water partition coefficient (Wildman–Crippen LogP) is 2.41. The zero-order valence-electron chi connectivity index (χ0n) is 8.94. The molecule has 0 spiro atoms. The van der Waals surface area contributed by atoms with Gasteiger partial charge in [0.25, 0.3) is 0 Å². The van der Waals surface area contributed by atoms with Gasteiger partial charge in [-0.15, -0.1) is 0 Å². The Hall–Kier alpha value is -1.55. The average Bonchev–Trinajstić information content (AvgIpc) is 2.54. The molecule has 0 radical (unpaired) electrons. The Kier molecular flexibility index (Phi) is 2.59. The number of carboxylic acids is 1. The minimum absolute atomic E-state index is 0.400. The molecular weight excluding hydrogens is 228 g/mol. The van der Waals surface area contributed by atoms with E-state index in [-0.39, 0.29) is 0 Å². The molecule has 1 N–H and O–H groups in total. The molecule has 1 aromatic carbocycles. The monoisotopic (exact) mass is 238 g/mol. The molecule has 0 saturated carbocycles. The number of hydrogen-bond donors (Lipinski definition) is 1. The van der Waals surface area contributed by atoms with Crippen molar-refractivity contribution in [3.63, 3.8) is 0 Å². The Bertz CT molecular complexity index is 562. The SMILES string of the molecule is CC(C(=O)O)c1cccc2c(Cl)nn(C)c12. The van der Waals surface area contributed by atoms with Gasteiger partial charge in [0, 0.05) is 12.4 Å². The molecule has 4 nitrogen and oxygen atoms in total. The van der Waals surface area contributed by atoms with Gasteiger partial charge in [0.2, 0.25) is 0 Å². The van der Waals surface area contributed by atoms with Crippen LogP contribution in [-0.2, 0) is 11.8 Å². The van der Waals surface area contributed by atoms with Gasteiger partial charge in [-0.2, -0.15) is 5.10 Å². The van der Waals surface area contributed by atoms with Crippen LogP contribution >= 0.6 is 11.6 Å². The molecule has 2 rings (SSSR count). The summed E-state index contributed by atoms with van der Waals surface area (Å²) in [7, 11) is 1.76. The number of aliphatic carboxylic acids is 1. The number of hydrogen-bond acceptors (Lipinski definition) is 2. The summed E-state index contributed by atoms with van der Waals surface area (Å²) in [6, 6.07) is 5.42. The first kappa shape index (κ1) is 11.0. The van der Waals surface area contributed by atoms with Crippen molar-refractivity contribution in [2.75, 3.05) is 0 Å². The minimum atomic E-state index is -0.857. The van der Waals surface area contributed by atoms with Crippen molar-refractivity contribution in [1.29, 1.82) is 0 Å². The van der Waals surface area contributed by atoms with Crippen molar-refractivity contribution in [3.05, 3.63) is 28.9 Å². The molecule has 0 aliphatic rings. The number of benzene rings is 1. The van der Waals surface area contributed by atoms with Gasteiger partial charge >= 0.3 is 5.97 Å². The molecular formula is C11H11ClN2O2. The highest BCUT2D eigenvalue weighted by atomic mass is 35.5. The molecule has 0 fully saturated rings. The number of para-hydroxylation sites is 1. The fourth-order valence-corrected chi connectivity index (χ4v) is 2.07. The summed E-state index contributed by atoms with van der Waals surface area (Å²) in [5.74, 6) is -1.43. The zero-order chi connectivity index (χ0) is 11.9. The number of halogens is 1. The predicted molar refractivity (Wildman–Crippen MR) is 61.8 cm³/mol. The van der Waals surface area contributed by atoms with Gasteiger partial charge in [0.05, 0.1) is 11.4 Å². The largest absolute Gasteiger partial charge is 0.481 e. The lowest BCUT2D eigenvalue weighted by atomic mass is 9.99. The van der Waals surface area contributed by atoms with E-state index in [1.807, 2.05) is 6.07 Å². The summed E-state index contributed by atoms with van der Waals surface area (Å²) in [6.07, 6.45) is 0. The Morgan fingerprint density at radius 1 is 1.56 bits per heavy atom. The fourth-order valence-electron chi connectivity index (χ4n) is 1.81. The van der Waals surface area contributed by atoms with E-state index in [1.165, 1.54) is 0 Å². The van der Waals surface area contributed by atoms with Crippen LogP contribution in [0.2, 0.25) is 5.15 Å². The Morgan fingerprint density at radius 2 is 2.25 bits per heavy atom. The number of aromatic nitrogens is 2. The molecule has 1 atom stereocenters. The number of nitrogens with zero attached hydrogens (tertiary/aromatic N) is 2. The van der Waals surface area contributed by atoms with Crippen LogP contribution in [0.1, 0.15) is 18.4 Å². The molecule has 1 unspecified atom stereocenters. The van der Waals surface area contributed by atoms with Gasteiger partial charge in [0.1, 0.15) is 0 Å².